The average molecular weight is 236 g/mol. The summed E-state index contributed by atoms with van der Waals surface area (Å²) < 4.78 is 1.96. The lowest BCUT2D eigenvalue weighted by molar-refractivity contribution is -0.0229. The number of aliphatic hydroxyl groups is 1. The summed E-state index contributed by atoms with van der Waals surface area (Å²) >= 11 is 0. The summed E-state index contributed by atoms with van der Waals surface area (Å²) in [6.45, 7) is 6.46. The standard InChI is InChI=1S/C14H24N2O/c1-4-12-5-8-14(17,9-6-12)13-7-10-15-16(13)11(2)3/h7,10-12,17H,4-6,8-9H2,1-3H3. The van der Waals surface area contributed by atoms with Gasteiger partial charge in [0, 0.05) is 12.2 Å². The third-order valence-corrected chi connectivity index (χ3v) is 4.15. The number of rotatable bonds is 3. The Labute approximate surface area is 104 Å². The smallest absolute Gasteiger partial charge is 0.106 e. The molecule has 17 heavy (non-hydrogen) atoms. The van der Waals surface area contributed by atoms with Crippen molar-refractivity contribution in [1.82, 2.24) is 9.78 Å². The van der Waals surface area contributed by atoms with Gasteiger partial charge < -0.3 is 5.11 Å². The Bertz CT molecular complexity index is 362. The lowest BCUT2D eigenvalue weighted by atomic mass is 9.76. The topological polar surface area (TPSA) is 38.1 Å². The Morgan fingerprint density at radius 2 is 2.12 bits per heavy atom. The van der Waals surface area contributed by atoms with E-state index in [2.05, 4.69) is 25.9 Å². The molecular formula is C14H24N2O. The van der Waals surface area contributed by atoms with Crippen LogP contribution in [0.4, 0.5) is 0 Å². The first kappa shape index (κ1) is 12.6. The molecule has 0 atom stereocenters. The highest BCUT2D eigenvalue weighted by molar-refractivity contribution is 5.13. The largest absolute Gasteiger partial charge is 0.384 e. The fraction of sp³-hybridized carbons (Fsp3) is 0.786. The van der Waals surface area contributed by atoms with Gasteiger partial charge >= 0.3 is 0 Å². The molecule has 96 valence electrons. The molecule has 3 nitrogen and oxygen atoms in total. The molecule has 3 heteroatoms. The Morgan fingerprint density at radius 1 is 1.47 bits per heavy atom. The van der Waals surface area contributed by atoms with Gasteiger partial charge in [0.05, 0.1) is 5.69 Å². The molecule has 0 saturated heterocycles. The van der Waals surface area contributed by atoms with E-state index in [0.717, 1.165) is 37.3 Å². The highest BCUT2D eigenvalue weighted by Gasteiger charge is 2.37. The normalized spacial score (nSPS) is 29.8. The summed E-state index contributed by atoms with van der Waals surface area (Å²) in [5.41, 5.74) is 0.356. The molecule has 0 spiro atoms. The summed E-state index contributed by atoms with van der Waals surface area (Å²) in [5.74, 6) is 0.797. The molecule has 1 aromatic heterocycles. The summed E-state index contributed by atoms with van der Waals surface area (Å²) in [5, 5.41) is 15.1. The zero-order valence-electron chi connectivity index (χ0n) is 11.2. The van der Waals surface area contributed by atoms with Crippen LogP contribution in [0.2, 0.25) is 0 Å². The van der Waals surface area contributed by atoms with Crippen LogP contribution in [0, 0.1) is 5.92 Å². The molecule has 0 unspecified atom stereocenters. The van der Waals surface area contributed by atoms with E-state index in [1.807, 2.05) is 10.7 Å². The predicted molar refractivity (Wildman–Crippen MR) is 68.8 cm³/mol. The van der Waals surface area contributed by atoms with Crippen molar-refractivity contribution in [2.24, 2.45) is 5.92 Å². The maximum atomic E-state index is 10.8. The molecular weight excluding hydrogens is 212 g/mol. The highest BCUT2D eigenvalue weighted by atomic mass is 16.3. The Kier molecular flexibility index (Phi) is 3.57. The second kappa shape index (κ2) is 4.81. The monoisotopic (exact) mass is 236 g/mol. The first-order valence-electron chi connectivity index (χ1n) is 6.83. The first-order chi connectivity index (χ1) is 8.07. The quantitative estimate of drug-likeness (QED) is 0.874. The SMILES string of the molecule is CCC1CCC(O)(c2ccnn2C(C)C)CC1. The van der Waals surface area contributed by atoms with Crippen molar-refractivity contribution in [2.45, 2.75) is 64.5 Å². The number of hydrogen-bond donors (Lipinski definition) is 1. The zero-order chi connectivity index (χ0) is 12.5. The maximum absolute atomic E-state index is 10.8. The van der Waals surface area contributed by atoms with Crippen LogP contribution < -0.4 is 0 Å². The molecule has 1 N–H and O–H groups in total. The molecule has 0 amide bonds. The van der Waals surface area contributed by atoms with Gasteiger partial charge in [-0.25, -0.2) is 0 Å². The molecule has 0 radical (unpaired) electrons. The Balaban J connectivity index is 2.18. The van der Waals surface area contributed by atoms with Gasteiger partial charge in [-0.1, -0.05) is 13.3 Å². The van der Waals surface area contributed by atoms with Gasteiger partial charge in [-0.05, 0) is 51.5 Å². The first-order valence-corrected chi connectivity index (χ1v) is 6.83. The second-order valence-corrected chi connectivity index (χ2v) is 5.64. The van der Waals surface area contributed by atoms with Crippen LogP contribution in [-0.2, 0) is 5.60 Å². The van der Waals surface area contributed by atoms with Gasteiger partial charge in [0.1, 0.15) is 5.60 Å². The number of hydrogen-bond acceptors (Lipinski definition) is 2. The van der Waals surface area contributed by atoms with Crippen molar-refractivity contribution in [2.75, 3.05) is 0 Å². The fourth-order valence-corrected chi connectivity index (χ4v) is 2.91. The lowest BCUT2D eigenvalue weighted by Gasteiger charge is -2.36. The minimum absolute atomic E-state index is 0.313. The molecule has 1 aromatic rings. The number of nitrogens with zero attached hydrogens (tertiary/aromatic N) is 2. The fourth-order valence-electron chi connectivity index (χ4n) is 2.91. The van der Waals surface area contributed by atoms with Gasteiger partial charge in [0.15, 0.2) is 0 Å². The molecule has 1 heterocycles. The van der Waals surface area contributed by atoms with Crippen molar-refractivity contribution in [1.29, 1.82) is 0 Å². The van der Waals surface area contributed by atoms with Crippen LogP contribution in [0.5, 0.6) is 0 Å². The van der Waals surface area contributed by atoms with Crippen LogP contribution >= 0.6 is 0 Å². The maximum Gasteiger partial charge on any atom is 0.106 e. The summed E-state index contributed by atoms with van der Waals surface area (Å²) in [6.07, 6.45) is 7.07. The van der Waals surface area contributed by atoms with Crippen LogP contribution in [0.1, 0.15) is 64.6 Å². The molecule has 2 rings (SSSR count). The third-order valence-electron chi connectivity index (χ3n) is 4.15. The van der Waals surface area contributed by atoms with Crippen molar-refractivity contribution in [3.8, 4) is 0 Å². The van der Waals surface area contributed by atoms with Crippen LogP contribution in [-0.4, -0.2) is 14.9 Å². The molecule has 0 aromatic carbocycles. The third kappa shape index (κ3) is 2.39. The van der Waals surface area contributed by atoms with E-state index in [-0.39, 0.29) is 0 Å². The molecule has 1 saturated carbocycles. The van der Waals surface area contributed by atoms with Crippen LogP contribution in [0.3, 0.4) is 0 Å². The average Bonchev–Trinajstić information content (AvgIpc) is 2.80. The summed E-state index contributed by atoms with van der Waals surface area (Å²) in [4.78, 5) is 0. The van der Waals surface area contributed by atoms with Crippen LogP contribution in [0.15, 0.2) is 12.3 Å². The van der Waals surface area contributed by atoms with Crippen molar-refractivity contribution in [3.63, 3.8) is 0 Å². The van der Waals surface area contributed by atoms with Crippen molar-refractivity contribution < 1.29 is 5.11 Å². The van der Waals surface area contributed by atoms with Gasteiger partial charge in [0.2, 0.25) is 0 Å². The van der Waals surface area contributed by atoms with E-state index < -0.39 is 5.60 Å². The van der Waals surface area contributed by atoms with E-state index in [4.69, 9.17) is 0 Å². The van der Waals surface area contributed by atoms with E-state index in [1.165, 1.54) is 6.42 Å². The number of aromatic nitrogens is 2. The van der Waals surface area contributed by atoms with Gasteiger partial charge in [-0.15, -0.1) is 0 Å². The Morgan fingerprint density at radius 3 is 2.65 bits per heavy atom. The van der Waals surface area contributed by atoms with E-state index in [1.54, 1.807) is 6.20 Å². The van der Waals surface area contributed by atoms with Crippen molar-refractivity contribution >= 4 is 0 Å². The van der Waals surface area contributed by atoms with E-state index >= 15 is 0 Å². The minimum atomic E-state index is -0.646. The highest BCUT2D eigenvalue weighted by Crippen LogP contribution is 2.40. The summed E-state index contributed by atoms with van der Waals surface area (Å²) in [6, 6.07) is 2.29. The van der Waals surface area contributed by atoms with Gasteiger partial charge in [0.25, 0.3) is 0 Å². The second-order valence-electron chi connectivity index (χ2n) is 5.64. The molecule has 0 aliphatic heterocycles. The van der Waals surface area contributed by atoms with E-state index in [9.17, 15) is 5.11 Å². The van der Waals surface area contributed by atoms with E-state index in [0.29, 0.717) is 6.04 Å². The molecule has 1 aliphatic rings. The zero-order valence-corrected chi connectivity index (χ0v) is 11.2. The van der Waals surface area contributed by atoms with Gasteiger partial charge in [-0.2, -0.15) is 5.10 Å². The minimum Gasteiger partial charge on any atom is -0.384 e. The lowest BCUT2D eigenvalue weighted by Crippen LogP contribution is -2.34. The molecule has 1 fully saturated rings. The predicted octanol–water partition coefficient (Wildman–Crippen LogP) is 3.25. The Hall–Kier alpha value is -0.830. The summed E-state index contributed by atoms with van der Waals surface area (Å²) in [7, 11) is 0. The van der Waals surface area contributed by atoms with Crippen LogP contribution in [0.25, 0.3) is 0 Å². The van der Waals surface area contributed by atoms with Gasteiger partial charge in [-0.3, -0.25) is 4.68 Å². The van der Waals surface area contributed by atoms with Crippen molar-refractivity contribution in [3.05, 3.63) is 18.0 Å². The molecule has 1 aliphatic carbocycles. The molecule has 0 bridgehead atoms.